The molecule has 0 rings (SSSR count). The quantitative estimate of drug-likeness (QED) is 0.134. The third kappa shape index (κ3) is 43.4. The maximum atomic E-state index is 10.7. The first kappa shape index (κ1) is 37.0. The average molecular weight is 434 g/mol. The van der Waals surface area contributed by atoms with Crippen molar-refractivity contribution in [2.75, 3.05) is 6.61 Å². The number of aliphatic carboxylic acids is 1. The second-order valence-electron chi connectivity index (χ2n) is 7.13. The number of ether oxygens (including phenoxy) is 1. The molecular weight excluding hydrogens is 388 g/mol. The molecule has 0 saturated heterocycles. The Morgan fingerprint density at radius 1 is 0.724 bits per heavy atom. The van der Waals surface area contributed by atoms with E-state index >= 15 is 0 Å². The van der Waals surface area contributed by atoms with Gasteiger partial charge in [-0.1, -0.05) is 103 Å². The fraction of sp³-hybridized carbons (Fsp3) is 0.864. The Balaban J connectivity index is -0.000000473. The van der Waals surface area contributed by atoms with Crippen LogP contribution in [0.5, 0.6) is 0 Å². The van der Waals surface area contributed by atoms with Crippen molar-refractivity contribution in [3.05, 3.63) is 0 Å². The molecule has 0 amide bonds. The van der Waals surface area contributed by atoms with Crippen molar-refractivity contribution in [3.8, 4) is 0 Å². The van der Waals surface area contributed by atoms with E-state index < -0.39 is 11.9 Å². The van der Waals surface area contributed by atoms with E-state index in [1.165, 1.54) is 89.9 Å². The van der Waals surface area contributed by atoms with E-state index in [0.717, 1.165) is 26.0 Å². The fourth-order valence-corrected chi connectivity index (χ4v) is 2.86. The summed E-state index contributed by atoms with van der Waals surface area (Å²) in [6, 6.07) is 0. The molecule has 29 heavy (non-hydrogen) atoms. The van der Waals surface area contributed by atoms with Gasteiger partial charge in [0.15, 0.2) is 0 Å². The van der Waals surface area contributed by atoms with Crippen molar-refractivity contribution in [1.29, 1.82) is 5.41 Å². The van der Waals surface area contributed by atoms with Gasteiger partial charge in [0.1, 0.15) is 6.21 Å². The molecule has 0 unspecified atom stereocenters. The normalized spacial score (nSPS) is 9.31. The van der Waals surface area contributed by atoms with Gasteiger partial charge in [-0.25, -0.2) is 4.79 Å². The number of nitrogens with one attached hydrogen (secondary N) is 1. The molecule has 7 heteroatoms. The van der Waals surface area contributed by atoms with E-state index in [2.05, 4.69) is 6.92 Å². The Bertz CT molecular complexity index is 352. The predicted octanol–water partition coefficient (Wildman–Crippen LogP) is 5.23. The first-order chi connectivity index (χ1) is 13.0. The topological polar surface area (TPSA) is 87.5 Å². The van der Waals surface area contributed by atoms with Crippen molar-refractivity contribution >= 4 is 77.3 Å². The van der Waals surface area contributed by atoms with Crippen LogP contribution in [0.2, 0.25) is 0 Å². The first-order valence-corrected chi connectivity index (χ1v) is 10.9. The van der Waals surface area contributed by atoms with E-state index in [4.69, 9.17) is 20.0 Å². The Hall–Kier alpha value is 0.610. The zero-order valence-corrected chi connectivity index (χ0v) is 17.8. The number of carboxylic acid groups (broad SMARTS) is 1. The number of hydrogen-bond acceptors (Lipinski definition) is 4. The molecule has 0 atom stereocenters. The SMILES string of the molecule is CC(=O)O.CCCCCCCCCCCCCCCCCCOC(=O)C=N.[NaH].[NaH]. The van der Waals surface area contributed by atoms with Gasteiger partial charge in [-0.3, -0.25) is 4.79 Å². The van der Waals surface area contributed by atoms with Crippen molar-refractivity contribution < 1.29 is 19.4 Å². The summed E-state index contributed by atoms with van der Waals surface area (Å²) in [5.74, 6) is -1.36. The molecular formula is C22H45NNa2O4. The van der Waals surface area contributed by atoms with Gasteiger partial charge >= 0.3 is 65.1 Å². The molecule has 0 fully saturated rings. The fourth-order valence-electron chi connectivity index (χ4n) is 2.86. The second-order valence-corrected chi connectivity index (χ2v) is 7.13. The monoisotopic (exact) mass is 433 g/mol. The third-order valence-electron chi connectivity index (χ3n) is 4.36. The zero-order valence-electron chi connectivity index (χ0n) is 17.8. The number of carboxylic acids is 1. The molecule has 0 saturated carbocycles. The summed E-state index contributed by atoms with van der Waals surface area (Å²) in [5, 5.41) is 14.1. The summed E-state index contributed by atoms with van der Waals surface area (Å²) in [7, 11) is 0. The maximum absolute atomic E-state index is 10.7. The summed E-state index contributed by atoms with van der Waals surface area (Å²) >= 11 is 0. The van der Waals surface area contributed by atoms with E-state index in [-0.39, 0.29) is 59.1 Å². The van der Waals surface area contributed by atoms with Crippen molar-refractivity contribution in [2.24, 2.45) is 0 Å². The number of carbonyl (C=O) groups excluding carboxylic acids is 1. The van der Waals surface area contributed by atoms with Crippen LogP contribution in [0.25, 0.3) is 0 Å². The van der Waals surface area contributed by atoms with Crippen LogP contribution >= 0.6 is 0 Å². The molecule has 0 aliphatic carbocycles. The third-order valence-corrected chi connectivity index (χ3v) is 4.36. The average Bonchev–Trinajstić information content (AvgIpc) is 2.63. The first-order valence-electron chi connectivity index (χ1n) is 10.9. The Kier molecular flexibility index (Phi) is 42.4. The van der Waals surface area contributed by atoms with Crippen LogP contribution in [-0.2, 0) is 14.3 Å². The molecule has 0 aliphatic rings. The number of carbonyl (C=O) groups is 2. The van der Waals surface area contributed by atoms with Crippen LogP contribution in [0, 0.1) is 5.41 Å². The van der Waals surface area contributed by atoms with Gasteiger partial charge in [-0.15, -0.1) is 0 Å². The van der Waals surface area contributed by atoms with Crippen LogP contribution in [0.4, 0.5) is 0 Å². The number of hydrogen-bond donors (Lipinski definition) is 2. The van der Waals surface area contributed by atoms with Crippen LogP contribution in [0.3, 0.4) is 0 Å². The summed E-state index contributed by atoms with van der Waals surface area (Å²) in [5.41, 5.74) is 0. The minimum absolute atomic E-state index is 0. The molecule has 164 valence electrons. The molecule has 0 aromatic rings. The molecule has 0 aromatic heterocycles. The van der Waals surface area contributed by atoms with Gasteiger partial charge in [0.25, 0.3) is 5.97 Å². The van der Waals surface area contributed by atoms with E-state index in [1.807, 2.05) is 0 Å². The van der Waals surface area contributed by atoms with Crippen LogP contribution in [0.15, 0.2) is 0 Å². The van der Waals surface area contributed by atoms with Crippen molar-refractivity contribution in [1.82, 2.24) is 0 Å². The van der Waals surface area contributed by atoms with Crippen molar-refractivity contribution in [2.45, 2.75) is 117 Å². The van der Waals surface area contributed by atoms with Gasteiger partial charge in [0, 0.05) is 6.92 Å². The summed E-state index contributed by atoms with van der Waals surface area (Å²) in [4.78, 5) is 19.7. The van der Waals surface area contributed by atoms with Gasteiger partial charge < -0.3 is 15.3 Å². The molecule has 0 bridgehead atoms. The van der Waals surface area contributed by atoms with Crippen LogP contribution in [-0.4, -0.2) is 89.0 Å². The zero-order chi connectivity index (χ0) is 20.6. The van der Waals surface area contributed by atoms with Gasteiger partial charge in [0.05, 0.1) is 6.61 Å². The second kappa shape index (κ2) is 33.3. The Morgan fingerprint density at radius 3 is 1.28 bits per heavy atom. The number of unbranched alkanes of at least 4 members (excludes halogenated alkanes) is 15. The molecule has 0 radical (unpaired) electrons. The molecule has 0 heterocycles. The standard InChI is InChI=1S/C20H39NO2.C2H4O2.2Na.2H/c1-2-3-4-5-6-7-8-9-10-11-12-13-14-15-16-17-18-23-20(22)19-21;1-2(3)4;;;;/h19,21H,2-18H2,1H3;1H3,(H,3,4);;;;. The van der Waals surface area contributed by atoms with Crippen molar-refractivity contribution in [3.63, 3.8) is 0 Å². The Morgan fingerprint density at radius 2 is 1.00 bits per heavy atom. The molecule has 5 nitrogen and oxygen atoms in total. The summed E-state index contributed by atoms with van der Waals surface area (Å²) in [6.07, 6.45) is 22.2. The minimum atomic E-state index is -0.833. The van der Waals surface area contributed by atoms with Gasteiger partial charge in [-0.2, -0.15) is 0 Å². The van der Waals surface area contributed by atoms with Gasteiger partial charge in [0.2, 0.25) is 0 Å². The number of esters is 1. The van der Waals surface area contributed by atoms with Crippen LogP contribution in [0.1, 0.15) is 117 Å². The van der Waals surface area contributed by atoms with E-state index in [9.17, 15) is 4.79 Å². The van der Waals surface area contributed by atoms with Crippen LogP contribution < -0.4 is 0 Å². The predicted molar refractivity (Wildman–Crippen MR) is 127 cm³/mol. The molecule has 0 aliphatic heterocycles. The van der Waals surface area contributed by atoms with Gasteiger partial charge in [-0.05, 0) is 6.42 Å². The van der Waals surface area contributed by atoms with E-state index in [1.54, 1.807) is 0 Å². The molecule has 0 spiro atoms. The molecule has 0 aromatic carbocycles. The Labute approximate surface area is 223 Å². The van der Waals surface area contributed by atoms with E-state index in [0.29, 0.717) is 6.61 Å². The summed E-state index contributed by atoms with van der Waals surface area (Å²) < 4.78 is 4.83. The number of rotatable bonds is 18. The molecule has 2 N–H and O–H groups in total. The summed E-state index contributed by atoms with van der Waals surface area (Å²) in [6.45, 7) is 3.82.